The Kier molecular flexibility index (Phi) is 7.13. The lowest BCUT2D eigenvalue weighted by atomic mass is 10.1. The fourth-order valence-electron chi connectivity index (χ4n) is 3.71. The molecule has 0 aliphatic carbocycles. The van der Waals surface area contributed by atoms with Crippen molar-refractivity contribution < 1.29 is 14.0 Å². The summed E-state index contributed by atoms with van der Waals surface area (Å²) in [7, 11) is 0. The molecule has 1 aliphatic rings. The number of furan rings is 1. The van der Waals surface area contributed by atoms with Crippen LogP contribution in [0.2, 0.25) is 0 Å². The van der Waals surface area contributed by atoms with E-state index in [1.54, 1.807) is 34.7 Å². The molecule has 0 saturated carbocycles. The van der Waals surface area contributed by atoms with Gasteiger partial charge in [-0.25, -0.2) is 0 Å². The molecule has 3 rings (SSSR count). The van der Waals surface area contributed by atoms with E-state index in [1.807, 2.05) is 13.8 Å². The number of rotatable bonds is 5. The summed E-state index contributed by atoms with van der Waals surface area (Å²) in [5.41, 5.74) is -0.495. The Balaban J connectivity index is 1.92. The van der Waals surface area contributed by atoms with Gasteiger partial charge in [-0.1, -0.05) is 19.3 Å². The highest BCUT2D eigenvalue weighted by Crippen LogP contribution is 2.16. The standard InChI is InChI=1S/C23H31N3O4/c1-16(2)26-14-18(22(28)24-17(3)20-10-9-13-30-20)21(27)19(15-26)23(29)25-11-7-5-4-6-8-12-25/h9-10,13-17H,4-8,11-12H2,1-3H3,(H,24,28). The minimum Gasteiger partial charge on any atom is -0.467 e. The van der Waals surface area contributed by atoms with Gasteiger partial charge in [-0.3, -0.25) is 14.4 Å². The van der Waals surface area contributed by atoms with Crippen LogP contribution in [0.1, 0.15) is 91.4 Å². The summed E-state index contributed by atoms with van der Waals surface area (Å²) in [6.45, 7) is 6.97. The molecule has 0 radical (unpaired) electrons. The lowest BCUT2D eigenvalue weighted by molar-refractivity contribution is 0.0740. The molecule has 2 aromatic rings. The van der Waals surface area contributed by atoms with Crippen molar-refractivity contribution in [2.45, 2.75) is 65.0 Å². The molecule has 2 aromatic heterocycles. The first kappa shape index (κ1) is 21.9. The van der Waals surface area contributed by atoms with Gasteiger partial charge in [0.25, 0.3) is 11.8 Å². The molecular formula is C23H31N3O4. The third-order valence-electron chi connectivity index (χ3n) is 5.58. The normalized spacial score (nSPS) is 16.1. The van der Waals surface area contributed by atoms with Crippen molar-refractivity contribution >= 4 is 11.8 Å². The molecule has 2 amide bonds. The number of amides is 2. The quantitative estimate of drug-likeness (QED) is 0.805. The maximum Gasteiger partial charge on any atom is 0.259 e. The van der Waals surface area contributed by atoms with Crippen molar-refractivity contribution in [1.29, 1.82) is 0 Å². The van der Waals surface area contributed by atoms with E-state index < -0.39 is 17.4 Å². The fraction of sp³-hybridized carbons (Fsp3) is 0.522. The Hall–Kier alpha value is -2.83. The number of hydrogen-bond acceptors (Lipinski definition) is 4. The van der Waals surface area contributed by atoms with Crippen LogP contribution in [0, 0.1) is 0 Å². The third-order valence-corrected chi connectivity index (χ3v) is 5.58. The molecule has 1 fully saturated rings. The Labute approximate surface area is 177 Å². The van der Waals surface area contributed by atoms with Crippen molar-refractivity contribution in [2.75, 3.05) is 13.1 Å². The molecular weight excluding hydrogens is 382 g/mol. The van der Waals surface area contributed by atoms with Crippen LogP contribution in [0.4, 0.5) is 0 Å². The average molecular weight is 414 g/mol. The van der Waals surface area contributed by atoms with Gasteiger partial charge in [-0.15, -0.1) is 0 Å². The number of hydrogen-bond donors (Lipinski definition) is 1. The van der Waals surface area contributed by atoms with Crippen molar-refractivity contribution in [3.05, 3.63) is 57.9 Å². The maximum absolute atomic E-state index is 13.2. The molecule has 0 spiro atoms. The average Bonchev–Trinajstić information content (AvgIpc) is 3.22. The Morgan fingerprint density at radius 3 is 2.23 bits per heavy atom. The zero-order valence-electron chi connectivity index (χ0n) is 18.0. The molecule has 0 aromatic carbocycles. The summed E-state index contributed by atoms with van der Waals surface area (Å²) >= 11 is 0. The molecule has 1 saturated heterocycles. The molecule has 1 unspecified atom stereocenters. The summed E-state index contributed by atoms with van der Waals surface area (Å²) in [5.74, 6) is -0.203. The number of nitrogens with zero attached hydrogens (tertiary/aromatic N) is 2. The second-order valence-electron chi connectivity index (χ2n) is 8.23. The number of carbonyl (C=O) groups excluding carboxylic acids is 2. The highest BCUT2D eigenvalue weighted by Gasteiger charge is 2.25. The Morgan fingerprint density at radius 1 is 1.00 bits per heavy atom. The van der Waals surface area contributed by atoms with Crippen LogP contribution >= 0.6 is 0 Å². The third kappa shape index (κ3) is 5.01. The lowest BCUT2D eigenvalue weighted by Crippen LogP contribution is -2.39. The molecule has 30 heavy (non-hydrogen) atoms. The molecule has 7 nitrogen and oxygen atoms in total. The van der Waals surface area contributed by atoms with Crippen LogP contribution in [0.5, 0.6) is 0 Å². The predicted octanol–water partition coefficient (Wildman–Crippen LogP) is 3.92. The molecule has 1 aliphatic heterocycles. The van der Waals surface area contributed by atoms with Crippen LogP contribution < -0.4 is 10.7 Å². The summed E-state index contributed by atoms with van der Waals surface area (Å²) < 4.78 is 7.08. The van der Waals surface area contributed by atoms with E-state index in [-0.39, 0.29) is 23.1 Å². The van der Waals surface area contributed by atoms with Gasteiger partial charge in [0.15, 0.2) is 0 Å². The molecule has 7 heteroatoms. The minimum atomic E-state index is -0.525. The van der Waals surface area contributed by atoms with Gasteiger partial charge in [0.05, 0.1) is 12.3 Å². The smallest absolute Gasteiger partial charge is 0.259 e. The largest absolute Gasteiger partial charge is 0.467 e. The first-order valence-corrected chi connectivity index (χ1v) is 10.8. The molecule has 1 N–H and O–H groups in total. The van der Waals surface area contributed by atoms with Gasteiger partial charge in [-0.2, -0.15) is 0 Å². The SMILES string of the molecule is CC(NC(=O)c1cn(C(C)C)cc(C(=O)N2CCCCCCC2)c1=O)c1ccco1. The summed E-state index contributed by atoms with van der Waals surface area (Å²) in [5, 5.41) is 2.80. The molecule has 1 atom stereocenters. The van der Waals surface area contributed by atoms with E-state index in [1.165, 1.54) is 18.9 Å². The van der Waals surface area contributed by atoms with Gasteiger partial charge in [0, 0.05) is 31.5 Å². The van der Waals surface area contributed by atoms with Gasteiger partial charge in [0.1, 0.15) is 16.9 Å². The highest BCUT2D eigenvalue weighted by atomic mass is 16.3. The minimum absolute atomic E-state index is 0.00136. The summed E-state index contributed by atoms with van der Waals surface area (Å²) in [4.78, 5) is 41.0. The van der Waals surface area contributed by atoms with Crippen LogP contribution in [-0.2, 0) is 0 Å². The number of likely N-dealkylation sites (tertiary alicyclic amines) is 1. The second-order valence-corrected chi connectivity index (χ2v) is 8.23. The van der Waals surface area contributed by atoms with Crippen LogP contribution in [0.15, 0.2) is 40.0 Å². The zero-order valence-corrected chi connectivity index (χ0v) is 18.0. The van der Waals surface area contributed by atoms with Gasteiger partial charge in [-0.05, 0) is 45.7 Å². The zero-order chi connectivity index (χ0) is 21.7. The fourth-order valence-corrected chi connectivity index (χ4v) is 3.71. The van der Waals surface area contributed by atoms with Gasteiger partial charge >= 0.3 is 0 Å². The van der Waals surface area contributed by atoms with E-state index >= 15 is 0 Å². The molecule has 3 heterocycles. The van der Waals surface area contributed by atoms with E-state index in [4.69, 9.17) is 4.42 Å². The summed E-state index contributed by atoms with van der Waals surface area (Å²) in [6.07, 6.45) is 9.89. The number of carbonyl (C=O) groups is 2. The van der Waals surface area contributed by atoms with Crippen molar-refractivity contribution in [1.82, 2.24) is 14.8 Å². The topological polar surface area (TPSA) is 84.5 Å². The number of nitrogens with one attached hydrogen (secondary N) is 1. The van der Waals surface area contributed by atoms with Crippen molar-refractivity contribution in [3.63, 3.8) is 0 Å². The molecule has 0 bridgehead atoms. The Morgan fingerprint density at radius 2 is 1.63 bits per heavy atom. The monoisotopic (exact) mass is 413 g/mol. The van der Waals surface area contributed by atoms with Gasteiger partial charge < -0.3 is 19.2 Å². The van der Waals surface area contributed by atoms with E-state index in [0.29, 0.717) is 18.8 Å². The first-order chi connectivity index (χ1) is 14.4. The van der Waals surface area contributed by atoms with Gasteiger partial charge in [0.2, 0.25) is 5.43 Å². The molecule has 162 valence electrons. The highest BCUT2D eigenvalue weighted by molar-refractivity contribution is 5.99. The van der Waals surface area contributed by atoms with Crippen LogP contribution in [0.25, 0.3) is 0 Å². The second kappa shape index (κ2) is 9.78. The predicted molar refractivity (Wildman–Crippen MR) is 115 cm³/mol. The van der Waals surface area contributed by atoms with Crippen LogP contribution in [-0.4, -0.2) is 34.4 Å². The first-order valence-electron chi connectivity index (χ1n) is 10.8. The van der Waals surface area contributed by atoms with Crippen molar-refractivity contribution in [3.8, 4) is 0 Å². The van der Waals surface area contributed by atoms with Crippen LogP contribution in [0.3, 0.4) is 0 Å². The maximum atomic E-state index is 13.2. The van der Waals surface area contributed by atoms with Crippen molar-refractivity contribution in [2.24, 2.45) is 0 Å². The lowest BCUT2D eigenvalue weighted by Gasteiger charge is -2.25. The number of aromatic nitrogens is 1. The summed E-state index contributed by atoms with van der Waals surface area (Å²) in [6, 6.07) is 3.11. The Bertz CT molecular complexity index is 922. The van der Waals surface area contributed by atoms with E-state index in [9.17, 15) is 14.4 Å². The van der Waals surface area contributed by atoms with E-state index in [2.05, 4.69) is 5.32 Å². The number of pyridine rings is 1. The van der Waals surface area contributed by atoms with E-state index in [0.717, 1.165) is 25.7 Å².